The number of carbonyl (C=O) groups is 2. The van der Waals surface area contributed by atoms with E-state index in [0.29, 0.717) is 17.1 Å². The highest BCUT2D eigenvalue weighted by atomic mass is 32.1. The molecule has 1 aromatic rings. The lowest BCUT2D eigenvalue weighted by molar-refractivity contribution is 0.0560. The Hall–Kier alpha value is -2.58. The van der Waals surface area contributed by atoms with Crippen molar-refractivity contribution in [2.75, 3.05) is 25.7 Å². The van der Waals surface area contributed by atoms with Gasteiger partial charge in [0.15, 0.2) is 0 Å². The van der Waals surface area contributed by atoms with E-state index in [1.165, 1.54) is 14.2 Å². The Labute approximate surface area is 143 Å². The maximum absolute atomic E-state index is 12.3. The SMILES string of the molecule is COC(=O)c1sc2c(c1C(=O)OC)N1CCCC1C2(C#N)CC#N. The number of carbonyl (C=O) groups excluding carboxylic acids is 2. The molecule has 0 spiro atoms. The van der Waals surface area contributed by atoms with Crippen molar-refractivity contribution in [2.45, 2.75) is 30.7 Å². The standard InChI is InChI=1S/C16H15N3O4S/c1-22-14(20)10-11-13(24-12(10)15(21)23-2)16(8-18,5-6-17)9-4-3-7-19(9)11/h9H,3-5,7H2,1-2H3. The zero-order valence-corrected chi connectivity index (χ0v) is 14.1. The molecule has 2 aliphatic heterocycles. The zero-order chi connectivity index (χ0) is 17.5. The van der Waals surface area contributed by atoms with Gasteiger partial charge in [-0.05, 0) is 12.8 Å². The van der Waals surface area contributed by atoms with E-state index in [0.717, 1.165) is 24.2 Å². The van der Waals surface area contributed by atoms with E-state index in [4.69, 9.17) is 9.47 Å². The normalized spacial score (nSPS) is 23.8. The summed E-state index contributed by atoms with van der Waals surface area (Å²) in [6.07, 6.45) is 1.65. The summed E-state index contributed by atoms with van der Waals surface area (Å²) in [6, 6.07) is 4.24. The number of fused-ring (bicyclic) bond motifs is 3. The summed E-state index contributed by atoms with van der Waals surface area (Å²) in [7, 11) is 2.48. The van der Waals surface area contributed by atoms with Gasteiger partial charge in [-0.1, -0.05) is 0 Å². The first-order valence-electron chi connectivity index (χ1n) is 7.44. The van der Waals surface area contributed by atoms with Gasteiger partial charge in [0.1, 0.15) is 15.9 Å². The van der Waals surface area contributed by atoms with Gasteiger partial charge in [-0.15, -0.1) is 11.3 Å². The minimum absolute atomic E-state index is 0.0133. The molecular formula is C16H15N3O4S. The molecule has 0 aromatic carbocycles. The summed E-state index contributed by atoms with van der Waals surface area (Å²) in [6.45, 7) is 0.674. The van der Waals surface area contributed by atoms with Crippen molar-refractivity contribution in [1.29, 1.82) is 10.5 Å². The van der Waals surface area contributed by atoms with Crippen molar-refractivity contribution in [3.8, 4) is 12.1 Å². The molecule has 0 saturated carbocycles. The lowest BCUT2D eigenvalue weighted by Crippen LogP contribution is -2.40. The Morgan fingerprint density at radius 2 is 2.04 bits per heavy atom. The molecule has 2 atom stereocenters. The predicted octanol–water partition coefficient (Wildman–Crippen LogP) is 1.98. The molecule has 124 valence electrons. The Morgan fingerprint density at radius 1 is 1.33 bits per heavy atom. The summed E-state index contributed by atoms with van der Waals surface area (Å²) in [5.74, 6) is -1.28. The Balaban J connectivity index is 2.31. The van der Waals surface area contributed by atoms with Crippen molar-refractivity contribution in [1.82, 2.24) is 0 Å². The van der Waals surface area contributed by atoms with Gasteiger partial charge >= 0.3 is 11.9 Å². The van der Waals surface area contributed by atoms with Crippen LogP contribution >= 0.6 is 11.3 Å². The highest BCUT2D eigenvalue weighted by molar-refractivity contribution is 7.15. The van der Waals surface area contributed by atoms with Gasteiger partial charge in [-0.25, -0.2) is 9.59 Å². The third kappa shape index (κ3) is 1.93. The number of hydrogen-bond acceptors (Lipinski definition) is 8. The minimum atomic E-state index is -1.03. The first kappa shape index (κ1) is 16.3. The molecule has 1 fully saturated rings. The molecule has 0 bridgehead atoms. The van der Waals surface area contributed by atoms with Gasteiger partial charge in [0.05, 0.1) is 49.4 Å². The van der Waals surface area contributed by atoms with Crippen molar-refractivity contribution in [3.05, 3.63) is 15.3 Å². The van der Waals surface area contributed by atoms with E-state index in [1.54, 1.807) is 0 Å². The minimum Gasteiger partial charge on any atom is -0.465 e. The van der Waals surface area contributed by atoms with Crippen LogP contribution in [0, 0.1) is 22.7 Å². The van der Waals surface area contributed by atoms with Gasteiger partial charge in [-0.2, -0.15) is 10.5 Å². The van der Waals surface area contributed by atoms with Crippen LogP contribution in [0.1, 0.15) is 44.2 Å². The molecule has 0 N–H and O–H groups in total. The lowest BCUT2D eigenvalue weighted by atomic mass is 9.79. The molecule has 0 aliphatic carbocycles. The van der Waals surface area contributed by atoms with Crippen molar-refractivity contribution in [3.63, 3.8) is 0 Å². The second-order valence-corrected chi connectivity index (χ2v) is 6.76. The molecule has 7 nitrogen and oxygen atoms in total. The van der Waals surface area contributed by atoms with Crippen LogP contribution in [-0.2, 0) is 14.9 Å². The predicted molar refractivity (Wildman–Crippen MR) is 84.9 cm³/mol. The van der Waals surface area contributed by atoms with E-state index < -0.39 is 17.4 Å². The van der Waals surface area contributed by atoms with Gasteiger partial charge in [0.2, 0.25) is 0 Å². The van der Waals surface area contributed by atoms with E-state index in [-0.39, 0.29) is 22.9 Å². The molecule has 8 heteroatoms. The third-order valence-electron chi connectivity index (χ3n) is 4.71. The molecule has 1 aromatic heterocycles. The number of esters is 2. The smallest absolute Gasteiger partial charge is 0.349 e. The number of nitriles is 2. The fourth-order valence-corrected chi connectivity index (χ4v) is 5.12. The van der Waals surface area contributed by atoms with Crippen LogP contribution in [0.3, 0.4) is 0 Å². The third-order valence-corrected chi connectivity index (χ3v) is 6.05. The van der Waals surface area contributed by atoms with Crippen molar-refractivity contribution < 1.29 is 19.1 Å². The van der Waals surface area contributed by atoms with Gasteiger partial charge in [0.25, 0.3) is 0 Å². The number of hydrogen-bond donors (Lipinski definition) is 0. The lowest BCUT2D eigenvalue weighted by Gasteiger charge is -2.28. The maximum Gasteiger partial charge on any atom is 0.349 e. The largest absolute Gasteiger partial charge is 0.465 e. The summed E-state index contributed by atoms with van der Waals surface area (Å²) in [5, 5.41) is 19.1. The molecule has 24 heavy (non-hydrogen) atoms. The van der Waals surface area contributed by atoms with Gasteiger partial charge in [-0.3, -0.25) is 0 Å². The number of anilines is 1. The number of nitrogens with zero attached hydrogens (tertiary/aromatic N) is 3. The van der Waals surface area contributed by atoms with Crippen LogP contribution in [0.2, 0.25) is 0 Å². The van der Waals surface area contributed by atoms with Crippen LogP contribution in [0.5, 0.6) is 0 Å². The Kier molecular flexibility index (Phi) is 3.94. The number of rotatable bonds is 3. The first-order valence-corrected chi connectivity index (χ1v) is 8.26. The first-order chi connectivity index (χ1) is 11.6. The molecule has 2 aliphatic rings. The fraction of sp³-hybridized carbons (Fsp3) is 0.500. The molecule has 0 radical (unpaired) electrons. The average Bonchev–Trinajstić information content (AvgIpc) is 3.26. The van der Waals surface area contributed by atoms with Gasteiger partial charge < -0.3 is 14.4 Å². The van der Waals surface area contributed by atoms with Crippen LogP contribution < -0.4 is 4.90 Å². The maximum atomic E-state index is 12.3. The van der Waals surface area contributed by atoms with Crippen LogP contribution in [0.4, 0.5) is 5.69 Å². The van der Waals surface area contributed by atoms with Crippen molar-refractivity contribution >= 4 is 29.0 Å². The number of ether oxygens (including phenoxy) is 2. The topological polar surface area (TPSA) is 103 Å². The molecular weight excluding hydrogens is 330 g/mol. The summed E-state index contributed by atoms with van der Waals surface area (Å²) >= 11 is 1.06. The van der Waals surface area contributed by atoms with Gasteiger partial charge in [0, 0.05) is 6.54 Å². The van der Waals surface area contributed by atoms with E-state index in [1.807, 2.05) is 4.90 Å². The highest BCUT2D eigenvalue weighted by Gasteiger charge is 2.57. The summed E-state index contributed by atoms with van der Waals surface area (Å²) < 4.78 is 9.63. The second-order valence-electron chi connectivity index (χ2n) is 5.74. The average molecular weight is 345 g/mol. The Morgan fingerprint density at radius 3 is 2.62 bits per heavy atom. The van der Waals surface area contributed by atoms with Crippen molar-refractivity contribution in [2.24, 2.45) is 0 Å². The molecule has 1 saturated heterocycles. The molecule has 3 heterocycles. The highest BCUT2D eigenvalue weighted by Crippen LogP contribution is 2.56. The quantitative estimate of drug-likeness (QED) is 0.771. The van der Waals surface area contributed by atoms with E-state index >= 15 is 0 Å². The summed E-state index contributed by atoms with van der Waals surface area (Å²) in [4.78, 5) is 27.1. The number of methoxy groups -OCH3 is 2. The zero-order valence-electron chi connectivity index (χ0n) is 13.3. The Bertz CT molecular complexity index is 803. The van der Waals surface area contributed by atoms with Crippen LogP contribution in [0.25, 0.3) is 0 Å². The molecule has 2 unspecified atom stereocenters. The van der Waals surface area contributed by atoms with E-state index in [2.05, 4.69) is 12.1 Å². The molecule has 0 amide bonds. The molecule has 3 rings (SSSR count). The van der Waals surface area contributed by atoms with E-state index in [9.17, 15) is 20.1 Å². The van der Waals surface area contributed by atoms with Crippen LogP contribution in [-0.4, -0.2) is 38.7 Å². The summed E-state index contributed by atoms with van der Waals surface area (Å²) in [5.41, 5.74) is -0.321. The number of thiophene rings is 1. The fourth-order valence-electron chi connectivity index (χ4n) is 3.71. The van der Waals surface area contributed by atoms with Crippen LogP contribution in [0.15, 0.2) is 0 Å². The second kappa shape index (κ2) is 5.81. The monoisotopic (exact) mass is 345 g/mol.